The summed E-state index contributed by atoms with van der Waals surface area (Å²) in [4.78, 5) is 4.94. The first-order valence-corrected chi connectivity index (χ1v) is 7.66. The van der Waals surface area contributed by atoms with Crippen LogP contribution in [0.2, 0.25) is 0 Å². The largest absolute Gasteiger partial charge is 0.366 e. The van der Waals surface area contributed by atoms with E-state index in [2.05, 4.69) is 26.9 Å². The molecule has 2 fully saturated rings. The molecule has 5 heteroatoms. The highest BCUT2D eigenvalue weighted by atomic mass is 32.2. The van der Waals surface area contributed by atoms with Gasteiger partial charge in [0.2, 0.25) is 0 Å². The fourth-order valence-electron chi connectivity index (χ4n) is 2.50. The van der Waals surface area contributed by atoms with Crippen LogP contribution in [-0.2, 0) is 0 Å². The van der Waals surface area contributed by atoms with Crippen molar-refractivity contribution < 1.29 is 0 Å². The second-order valence-electron chi connectivity index (χ2n) is 4.42. The molecule has 0 aliphatic carbocycles. The summed E-state index contributed by atoms with van der Waals surface area (Å²) in [6.07, 6.45) is 2.75. The van der Waals surface area contributed by atoms with Crippen LogP contribution in [0.25, 0.3) is 0 Å². The smallest absolute Gasteiger partial charge is 0.168 e. The molecule has 0 saturated carbocycles. The van der Waals surface area contributed by atoms with Crippen LogP contribution >= 0.6 is 24.0 Å². The van der Waals surface area contributed by atoms with Gasteiger partial charge in [-0.05, 0) is 36.6 Å². The standard InChI is InChI=1S/C11H21N3S2/c1-12-11(15)14-6-4-13(5-7-14)10-2-8-16-9-3-10/h10H,2-9H2,1H3,(H,12,15). The summed E-state index contributed by atoms with van der Waals surface area (Å²) in [5.74, 6) is 2.69. The van der Waals surface area contributed by atoms with Crippen molar-refractivity contribution in [1.29, 1.82) is 0 Å². The minimum Gasteiger partial charge on any atom is -0.366 e. The molecule has 0 amide bonds. The number of thioether (sulfide) groups is 1. The molecular formula is C11H21N3S2. The van der Waals surface area contributed by atoms with Crippen molar-refractivity contribution in [3.05, 3.63) is 0 Å². The zero-order valence-corrected chi connectivity index (χ0v) is 11.6. The Morgan fingerprint density at radius 2 is 1.81 bits per heavy atom. The number of rotatable bonds is 1. The third kappa shape index (κ3) is 3.02. The van der Waals surface area contributed by atoms with E-state index in [1.165, 1.54) is 37.4 Å². The SMILES string of the molecule is CNC(=S)N1CCN(C2CCSCC2)CC1. The van der Waals surface area contributed by atoms with Crippen molar-refractivity contribution in [3.63, 3.8) is 0 Å². The predicted molar refractivity (Wildman–Crippen MR) is 75.2 cm³/mol. The zero-order chi connectivity index (χ0) is 11.4. The molecule has 0 bridgehead atoms. The predicted octanol–water partition coefficient (Wildman–Crippen LogP) is 1.00. The van der Waals surface area contributed by atoms with Gasteiger partial charge in [-0.3, -0.25) is 4.90 Å². The average molecular weight is 259 g/mol. The molecule has 0 unspecified atom stereocenters. The molecule has 0 aromatic rings. The van der Waals surface area contributed by atoms with E-state index in [9.17, 15) is 0 Å². The Morgan fingerprint density at radius 3 is 2.38 bits per heavy atom. The van der Waals surface area contributed by atoms with Crippen LogP contribution in [0.4, 0.5) is 0 Å². The lowest BCUT2D eigenvalue weighted by Gasteiger charge is -2.41. The Kier molecular flexibility index (Phi) is 4.73. The minimum atomic E-state index is 0.839. The van der Waals surface area contributed by atoms with E-state index in [1.807, 2.05) is 7.05 Å². The maximum atomic E-state index is 5.26. The molecule has 2 saturated heterocycles. The molecular weight excluding hydrogens is 238 g/mol. The van der Waals surface area contributed by atoms with E-state index in [0.29, 0.717) is 0 Å². The summed E-state index contributed by atoms with van der Waals surface area (Å²) in [5, 5.41) is 3.97. The third-order valence-electron chi connectivity index (χ3n) is 3.52. The van der Waals surface area contributed by atoms with Crippen LogP contribution in [-0.4, -0.2) is 65.7 Å². The van der Waals surface area contributed by atoms with E-state index >= 15 is 0 Å². The highest BCUT2D eigenvalue weighted by Gasteiger charge is 2.25. The summed E-state index contributed by atoms with van der Waals surface area (Å²) in [6.45, 7) is 4.53. The minimum absolute atomic E-state index is 0.839. The van der Waals surface area contributed by atoms with Gasteiger partial charge in [0.05, 0.1) is 0 Å². The number of nitrogens with one attached hydrogen (secondary N) is 1. The molecule has 92 valence electrons. The Bertz CT molecular complexity index is 233. The van der Waals surface area contributed by atoms with Gasteiger partial charge in [-0.25, -0.2) is 0 Å². The topological polar surface area (TPSA) is 18.5 Å². The molecule has 1 N–H and O–H groups in total. The fraction of sp³-hybridized carbons (Fsp3) is 0.909. The monoisotopic (exact) mass is 259 g/mol. The zero-order valence-electron chi connectivity index (χ0n) is 9.95. The van der Waals surface area contributed by atoms with E-state index < -0.39 is 0 Å². The van der Waals surface area contributed by atoms with Crippen LogP contribution in [0.3, 0.4) is 0 Å². The normalized spacial score (nSPS) is 24.4. The number of thiocarbonyl (C=S) groups is 1. The number of piperazine rings is 1. The molecule has 3 nitrogen and oxygen atoms in total. The van der Waals surface area contributed by atoms with E-state index in [1.54, 1.807) is 0 Å². The summed E-state index contributed by atoms with van der Waals surface area (Å²) in [5.41, 5.74) is 0. The molecule has 2 rings (SSSR count). The molecule has 0 aromatic carbocycles. The second-order valence-corrected chi connectivity index (χ2v) is 6.03. The first-order chi connectivity index (χ1) is 7.81. The van der Waals surface area contributed by atoms with Crippen molar-refractivity contribution in [1.82, 2.24) is 15.1 Å². The molecule has 0 radical (unpaired) electrons. The van der Waals surface area contributed by atoms with Crippen LogP contribution in [0, 0.1) is 0 Å². The molecule has 16 heavy (non-hydrogen) atoms. The second kappa shape index (κ2) is 6.07. The lowest BCUT2D eigenvalue weighted by atomic mass is 10.1. The van der Waals surface area contributed by atoms with E-state index in [0.717, 1.165) is 24.2 Å². The number of hydrogen-bond acceptors (Lipinski definition) is 3. The Morgan fingerprint density at radius 1 is 1.19 bits per heavy atom. The molecule has 2 heterocycles. The molecule has 2 aliphatic heterocycles. The fourth-order valence-corrected chi connectivity index (χ4v) is 3.76. The van der Waals surface area contributed by atoms with Gasteiger partial charge >= 0.3 is 0 Å². The summed E-state index contributed by atoms with van der Waals surface area (Å²) < 4.78 is 0. The Labute approximate surface area is 108 Å². The van der Waals surface area contributed by atoms with Gasteiger partial charge in [0.25, 0.3) is 0 Å². The van der Waals surface area contributed by atoms with Gasteiger partial charge in [-0.1, -0.05) is 0 Å². The van der Waals surface area contributed by atoms with Crippen molar-refractivity contribution in [2.75, 3.05) is 44.7 Å². The molecule has 2 aliphatic rings. The summed E-state index contributed by atoms with van der Waals surface area (Å²) in [6, 6.07) is 0.839. The van der Waals surface area contributed by atoms with Crippen molar-refractivity contribution >= 4 is 29.1 Å². The quantitative estimate of drug-likeness (QED) is 0.706. The lowest BCUT2D eigenvalue weighted by Crippen LogP contribution is -2.54. The van der Waals surface area contributed by atoms with Gasteiger partial charge in [0.1, 0.15) is 0 Å². The van der Waals surface area contributed by atoms with E-state index in [-0.39, 0.29) is 0 Å². The van der Waals surface area contributed by atoms with Crippen LogP contribution in [0.15, 0.2) is 0 Å². The van der Waals surface area contributed by atoms with Crippen LogP contribution in [0.5, 0.6) is 0 Å². The molecule has 0 spiro atoms. The van der Waals surface area contributed by atoms with Crippen molar-refractivity contribution in [3.8, 4) is 0 Å². The highest BCUT2D eigenvalue weighted by molar-refractivity contribution is 7.99. The maximum Gasteiger partial charge on any atom is 0.168 e. The highest BCUT2D eigenvalue weighted by Crippen LogP contribution is 2.22. The summed E-state index contributed by atoms with van der Waals surface area (Å²) in [7, 11) is 1.91. The molecule has 0 aromatic heterocycles. The summed E-state index contributed by atoms with van der Waals surface area (Å²) >= 11 is 7.37. The van der Waals surface area contributed by atoms with Gasteiger partial charge in [0, 0.05) is 39.3 Å². The van der Waals surface area contributed by atoms with Crippen molar-refractivity contribution in [2.45, 2.75) is 18.9 Å². The first kappa shape index (κ1) is 12.5. The van der Waals surface area contributed by atoms with Gasteiger partial charge in [-0.15, -0.1) is 0 Å². The van der Waals surface area contributed by atoms with Gasteiger partial charge in [-0.2, -0.15) is 11.8 Å². The lowest BCUT2D eigenvalue weighted by molar-refractivity contribution is 0.125. The number of nitrogens with zero attached hydrogens (tertiary/aromatic N) is 2. The van der Waals surface area contributed by atoms with Crippen LogP contribution in [0.1, 0.15) is 12.8 Å². The van der Waals surface area contributed by atoms with Crippen LogP contribution < -0.4 is 5.32 Å². The average Bonchev–Trinajstić information content (AvgIpc) is 2.39. The number of hydrogen-bond donors (Lipinski definition) is 1. The van der Waals surface area contributed by atoms with Gasteiger partial charge in [0.15, 0.2) is 5.11 Å². The Balaban J connectivity index is 1.78. The van der Waals surface area contributed by atoms with E-state index in [4.69, 9.17) is 12.2 Å². The molecule has 0 atom stereocenters. The first-order valence-electron chi connectivity index (χ1n) is 6.09. The maximum absolute atomic E-state index is 5.26. The Hall–Kier alpha value is -0.0000000000000000555. The van der Waals surface area contributed by atoms with Gasteiger partial charge < -0.3 is 10.2 Å². The third-order valence-corrected chi connectivity index (χ3v) is 5.03. The van der Waals surface area contributed by atoms with Crippen molar-refractivity contribution in [2.24, 2.45) is 0 Å².